The molecule has 1 aromatic carbocycles. The number of nitrogens with zero attached hydrogens (tertiary/aromatic N) is 1. The molecule has 1 aliphatic rings. The van der Waals surface area contributed by atoms with E-state index in [1.807, 2.05) is 0 Å². The molecule has 0 aromatic heterocycles. The molecular formula is C15H22FN3O2S. The number of benzene rings is 1. The molecule has 0 radical (unpaired) electrons. The highest BCUT2D eigenvalue weighted by molar-refractivity contribution is 7.91. The number of hydrogen-bond acceptors (Lipinski definition) is 3. The number of aliphatic imine (C=N–C) groups is 1. The van der Waals surface area contributed by atoms with Gasteiger partial charge in [-0.2, -0.15) is 0 Å². The predicted molar refractivity (Wildman–Crippen MR) is 86.2 cm³/mol. The van der Waals surface area contributed by atoms with Crippen LogP contribution in [0.5, 0.6) is 0 Å². The van der Waals surface area contributed by atoms with Gasteiger partial charge in [0.15, 0.2) is 15.8 Å². The predicted octanol–water partition coefficient (Wildman–Crippen LogP) is 0.968. The van der Waals surface area contributed by atoms with E-state index < -0.39 is 9.84 Å². The normalized spacial score (nSPS) is 20.8. The van der Waals surface area contributed by atoms with Crippen LogP contribution in [0.15, 0.2) is 29.3 Å². The zero-order chi connectivity index (χ0) is 16.0. The van der Waals surface area contributed by atoms with Gasteiger partial charge in [0, 0.05) is 20.1 Å². The molecule has 1 saturated heterocycles. The maximum absolute atomic E-state index is 12.8. The molecule has 2 rings (SSSR count). The van der Waals surface area contributed by atoms with Crippen LogP contribution in [0.2, 0.25) is 0 Å². The first-order valence-electron chi connectivity index (χ1n) is 7.38. The van der Waals surface area contributed by atoms with E-state index in [2.05, 4.69) is 15.6 Å². The molecule has 0 aliphatic carbocycles. The van der Waals surface area contributed by atoms with E-state index in [4.69, 9.17) is 0 Å². The third-order valence-electron chi connectivity index (χ3n) is 3.73. The van der Waals surface area contributed by atoms with Crippen molar-refractivity contribution in [1.82, 2.24) is 10.6 Å². The van der Waals surface area contributed by atoms with Crippen molar-refractivity contribution in [2.45, 2.75) is 12.8 Å². The van der Waals surface area contributed by atoms with Crippen LogP contribution in [0, 0.1) is 11.7 Å². The summed E-state index contributed by atoms with van der Waals surface area (Å²) in [6, 6.07) is 6.42. The van der Waals surface area contributed by atoms with Gasteiger partial charge < -0.3 is 10.6 Å². The van der Waals surface area contributed by atoms with E-state index in [1.54, 1.807) is 19.2 Å². The van der Waals surface area contributed by atoms with Crippen LogP contribution in [-0.2, 0) is 16.3 Å². The van der Waals surface area contributed by atoms with Gasteiger partial charge in [-0.05, 0) is 36.5 Å². The summed E-state index contributed by atoms with van der Waals surface area (Å²) in [5.41, 5.74) is 1.05. The van der Waals surface area contributed by atoms with E-state index in [0.29, 0.717) is 25.5 Å². The van der Waals surface area contributed by atoms with E-state index >= 15 is 0 Å². The average molecular weight is 327 g/mol. The molecular weight excluding hydrogens is 305 g/mol. The summed E-state index contributed by atoms with van der Waals surface area (Å²) in [5, 5.41) is 6.33. The molecule has 1 aliphatic heterocycles. The van der Waals surface area contributed by atoms with Gasteiger partial charge in [0.05, 0.1) is 11.5 Å². The van der Waals surface area contributed by atoms with Gasteiger partial charge in [0.2, 0.25) is 0 Å². The lowest BCUT2D eigenvalue weighted by Crippen LogP contribution is -2.40. The second-order valence-corrected chi connectivity index (χ2v) is 7.75. The second kappa shape index (κ2) is 7.58. The fraction of sp³-hybridized carbons (Fsp3) is 0.533. The van der Waals surface area contributed by atoms with Crippen LogP contribution < -0.4 is 10.6 Å². The third kappa shape index (κ3) is 5.29. The lowest BCUT2D eigenvalue weighted by molar-refractivity contribution is 0.567. The summed E-state index contributed by atoms with van der Waals surface area (Å²) in [7, 11) is -1.16. The van der Waals surface area contributed by atoms with Crippen LogP contribution in [0.25, 0.3) is 0 Å². The van der Waals surface area contributed by atoms with Gasteiger partial charge in [-0.25, -0.2) is 12.8 Å². The lowest BCUT2D eigenvalue weighted by Gasteiger charge is -2.14. The summed E-state index contributed by atoms with van der Waals surface area (Å²) < 4.78 is 35.6. The van der Waals surface area contributed by atoms with E-state index in [-0.39, 0.29) is 23.2 Å². The van der Waals surface area contributed by atoms with Crippen molar-refractivity contribution in [1.29, 1.82) is 0 Å². The fourth-order valence-corrected chi connectivity index (χ4v) is 4.33. The van der Waals surface area contributed by atoms with Crippen LogP contribution in [0.4, 0.5) is 4.39 Å². The Morgan fingerprint density at radius 2 is 2.05 bits per heavy atom. The van der Waals surface area contributed by atoms with Gasteiger partial charge in [-0.1, -0.05) is 12.1 Å². The van der Waals surface area contributed by atoms with Gasteiger partial charge in [-0.3, -0.25) is 4.99 Å². The van der Waals surface area contributed by atoms with E-state index in [0.717, 1.165) is 12.0 Å². The van der Waals surface area contributed by atoms with Crippen LogP contribution in [0.1, 0.15) is 12.0 Å². The highest BCUT2D eigenvalue weighted by Crippen LogP contribution is 2.17. The molecule has 2 N–H and O–H groups in total. The Morgan fingerprint density at radius 1 is 1.32 bits per heavy atom. The summed E-state index contributed by atoms with van der Waals surface area (Å²) in [4.78, 5) is 4.12. The van der Waals surface area contributed by atoms with Gasteiger partial charge >= 0.3 is 0 Å². The fourth-order valence-electron chi connectivity index (χ4n) is 2.47. The smallest absolute Gasteiger partial charge is 0.190 e. The average Bonchev–Trinajstić information content (AvgIpc) is 2.84. The maximum atomic E-state index is 12.8. The number of guanidine groups is 1. The monoisotopic (exact) mass is 327 g/mol. The van der Waals surface area contributed by atoms with Gasteiger partial charge in [-0.15, -0.1) is 0 Å². The summed E-state index contributed by atoms with van der Waals surface area (Å²) in [6.45, 7) is 1.28. The maximum Gasteiger partial charge on any atom is 0.190 e. The quantitative estimate of drug-likeness (QED) is 0.624. The van der Waals surface area contributed by atoms with E-state index in [1.165, 1.54) is 12.1 Å². The number of halogens is 1. The molecule has 1 unspecified atom stereocenters. The van der Waals surface area contributed by atoms with Gasteiger partial charge in [0.25, 0.3) is 0 Å². The van der Waals surface area contributed by atoms with Crippen molar-refractivity contribution in [2.75, 3.05) is 31.6 Å². The zero-order valence-corrected chi connectivity index (χ0v) is 13.5. The lowest BCUT2D eigenvalue weighted by atomic mass is 10.1. The number of rotatable bonds is 5. The number of nitrogens with one attached hydrogen (secondary N) is 2. The first kappa shape index (κ1) is 16.7. The van der Waals surface area contributed by atoms with E-state index in [9.17, 15) is 12.8 Å². The number of hydrogen-bond donors (Lipinski definition) is 2. The molecule has 7 heteroatoms. The zero-order valence-electron chi connectivity index (χ0n) is 12.7. The van der Waals surface area contributed by atoms with Gasteiger partial charge in [0.1, 0.15) is 5.82 Å². The second-order valence-electron chi connectivity index (χ2n) is 5.53. The van der Waals surface area contributed by atoms with Crippen molar-refractivity contribution in [2.24, 2.45) is 10.9 Å². The summed E-state index contributed by atoms with van der Waals surface area (Å²) in [6.07, 6.45) is 1.47. The largest absolute Gasteiger partial charge is 0.356 e. The highest BCUT2D eigenvalue weighted by Gasteiger charge is 2.27. The summed E-state index contributed by atoms with van der Waals surface area (Å²) in [5.74, 6) is 1.12. The Balaban J connectivity index is 1.70. The van der Waals surface area contributed by atoms with Crippen molar-refractivity contribution in [3.63, 3.8) is 0 Å². The number of sulfone groups is 1. The molecule has 122 valence electrons. The Bertz CT molecular complexity index is 614. The van der Waals surface area contributed by atoms with Crippen LogP contribution in [-0.4, -0.2) is 46.0 Å². The Hall–Kier alpha value is -1.63. The minimum atomic E-state index is -2.84. The molecule has 0 bridgehead atoms. The molecule has 1 atom stereocenters. The molecule has 0 saturated carbocycles. The third-order valence-corrected chi connectivity index (χ3v) is 5.56. The van der Waals surface area contributed by atoms with Crippen molar-refractivity contribution < 1.29 is 12.8 Å². The molecule has 1 aromatic rings. The Morgan fingerprint density at radius 3 is 2.64 bits per heavy atom. The van der Waals surface area contributed by atoms with Crippen molar-refractivity contribution in [3.8, 4) is 0 Å². The minimum Gasteiger partial charge on any atom is -0.356 e. The highest BCUT2D eigenvalue weighted by atomic mass is 32.2. The molecule has 5 nitrogen and oxygen atoms in total. The Labute approximate surface area is 130 Å². The first-order valence-corrected chi connectivity index (χ1v) is 9.20. The Kier molecular flexibility index (Phi) is 5.76. The minimum absolute atomic E-state index is 0.153. The van der Waals surface area contributed by atoms with Crippen LogP contribution in [0.3, 0.4) is 0 Å². The molecule has 0 spiro atoms. The van der Waals surface area contributed by atoms with Crippen LogP contribution >= 0.6 is 0 Å². The SMILES string of the molecule is CN=C(NCCc1ccc(F)cc1)NCC1CCS(=O)(=O)C1. The van der Waals surface area contributed by atoms with Crippen molar-refractivity contribution in [3.05, 3.63) is 35.6 Å². The standard InChI is InChI=1S/C15H22FN3O2S/c1-17-15(19-10-13-7-9-22(20,21)11-13)18-8-6-12-2-4-14(16)5-3-12/h2-5,13H,6-11H2,1H3,(H2,17,18,19). The molecule has 1 fully saturated rings. The molecule has 1 heterocycles. The van der Waals surface area contributed by atoms with Crippen molar-refractivity contribution >= 4 is 15.8 Å². The topological polar surface area (TPSA) is 70.6 Å². The molecule has 0 amide bonds. The summed E-state index contributed by atoms with van der Waals surface area (Å²) >= 11 is 0. The first-order chi connectivity index (χ1) is 10.5. The molecule has 22 heavy (non-hydrogen) atoms.